The fourth-order valence-corrected chi connectivity index (χ4v) is 4.86. The van der Waals surface area contributed by atoms with Gasteiger partial charge >= 0.3 is 47.8 Å². The van der Waals surface area contributed by atoms with Crippen molar-refractivity contribution in [1.29, 1.82) is 0 Å². The second-order valence-electron chi connectivity index (χ2n) is 13.1. The highest BCUT2D eigenvalue weighted by Gasteiger charge is 2.32. The largest absolute Gasteiger partial charge is 0.497 e. The number of rotatable bonds is 20. The Hall–Kier alpha value is -6.99. The third kappa shape index (κ3) is 15.1. The predicted molar refractivity (Wildman–Crippen MR) is 206 cm³/mol. The van der Waals surface area contributed by atoms with Crippen molar-refractivity contribution in [2.45, 2.75) is 91.6 Å². The van der Waals surface area contributed by atoms with Crippen LogP contribution in [0.25, 0.3) is 11.1 Å². The number of nitrogens with one attached hydrogen (secondary N) is 2. The fourth-order valence-electron chi connectivity index (χ4n) is 4.86. The van der Waals surface area contributed by atoms with E-state index >= 15 is 0 Å². The average Bonchev–Trinajstić information content (AvgIpc) is 3.75. The Kier molecular flexibility index (Phi) is 18.0. The highest BCUT2D eigenvalue weighted by molar-refractivity contribution is 5.90. The Morgan fingerprint density at radius 2 is 1.13 bits per heavy atom. The number of ether oxygens (including phenoxy) is 8. The number of aromatic nitrogens is 2. The van der Waals surface area contributed by atoms with E-state index in [9.17, 15) is 38.4 Å². The van der Waals surface area contributed by atoms with Crippen molar-refractivity contribution in [3.05, 3.63) is 66.5 Å². The highest BCUT2D eigenvalue weighted by Crippen LogP contribution is 2.21. The molecule has 3 rings (SSSR count). The first kappa shape index (κ1) is 47.4. The standard InChI is InChI=1S/C40H48N4O16/c1-22(56-36(48)24(3)58-38(50)26(5)60-39(51)27(6)59-37(49)25(4)57-35(47)23(2)55-28(7)45)34(46)54-17-16-44(21-29-10-9-11-33(18-29)53-8)40(52)43-32-14-12-30(13-15-32)31-19-41-42-20-31/h9-15,18-20,22-27H,16-17,21H2,1-8H3,(H,41,42)(H,43,52). The number of methoxy groups -OCH3 is 1. The number of hydrogen-bond acceptors (Lipinski definition) is 17. The molecule has 0 spiro atoms. The van der Waals surface area contributed by atoms with E-state index in [-0.39, 0.29) is 19.7 Å². The van der Waals surface area contributed by atoms with Crippen molar-refractivity contribution in [2.75, 3.05) is 25.6 Å². The van der Waals surface area contributed by atoms with Crippen LogP contribution in [0.5, 0.6) is 5.75 Å². The van der Waals surface area contributed by atoms with E-state index in [1.807, 2.05) is 12.1 Å². The zero-order valence-electron chi connectivity index (χ0n) is 34.3. The third-order valence-electron chi connectivity index (χ3n) is 8.17. The molecule has 6 atom stereocenters. The van der Waals surface area contributed by atoms with Gasteiger partial charge in [-0.15, -0.1) is 0 Å². The van der Waals surface area contributed by atoms with Gasteiger partial charge in [-0.1, -0.05) is 24.3 Å². The summed E-state index contributed by atoms with van der Waals surface area (Å²) in [6.45, 7) is 7.90. The van der Waals surface area contributed by atoms with Crippen LogP contribution in [-0.2, 0) is 73.3 Å². The molecule has 0 saturated heterocycles. The molecule has 2 N–H and O–H groups in total. The van der Waals surface area contributed by atoms with Gasteiger partial charge in [-0.25, -0.2) is 33.6 Å². The topological polar surface area (TPSA) is 254 Å². The second kappa shape index (κ2) is 22.8. The van der Waals surface area contributed by atoms with Crippen LogP contribution in [0.1, 0.15) is 54.0 Å². The highest BCUT2D eigenvalue weighted by atomic mass is 16.7. The number of esters is 7. The molecule has 3 aromatic rings. The molecule has 0 saturated carbocycles. The minimum atomic E-state index is -1.59. The number of carbonyl (C=O) groups excluding carboxylic acids is 8. The molecule has 0 aliphatic heterocycles. The maximum atomic E-state index is 13.4. The molecule has 2 aromatic carbocycles. The van der Waals surface area contributed by atoms with E-state index in [0.29, 0.717) is 11.4 Å². The average molecular weight is 841 g/mol. The molecule has 0 aliphatic carbocycles. The number of carbonyl (C=O) groups is 8. The lowest BCUT2D eigenvalue weighted by molar-refractivity contribution is -0.187. The number of nitrogens with zero attached hydrogens (tertiary/aromatic N) is 2. The summed E-state index contributed by atoms with van der Waals surface area (Å²) in [6.07, 6.45) is -5.55. The lowest BCUT2D eigenvalue weighted by Crippen LogP contribution is -2.39. The summed E-state index contributed by atoms with van der Waals surface area (Å²) < 4.78 is 40.2. The van der Waals surface area contributed by atoms with Crippen LogP contribution in [0.2, 0.25) is 0 Å². The van der Waals surface area contributed by atoms with Crippen molar-refractivity contribution in [3.8, 4) is 16.9 Å². The van der Waals surface area contributed by atoms with Crippen molar-refractivity contribution >= 4 is 53.5 Å². The molecule has 20 nitrogen and oxygen atoms in total. The normalized spacial score (nSPS) is 13.7. The van der Waals surface area contributed by atoms with Crippen molar-refractivity contribution in [1.82, 2.24) is 15.1 Å². The number of aromatic amines is 1. The summed E-state index contributed by atoms with van der Waals surface area (Å²) in [7, 11) is 1.52. The molecule has 0 aliphatic rings. The van der Waals surface area contributed by atoms with Gasteiger partial charge in [-0.2, -0.15) is 5.10 Å². The number of anilines is 1. The fraction of sp³-hybridized carbons (Fsp3) is 0.425. The number of benzene rings is 2. The van der Waals surface area contributed by atoms with Crippen LogP contribution < -0.4 is 10.1 Å². The maximum absolute atomic E-state index is 13.4. The summed E-state index contributed by atoms with van der Waals surface area (Å²) in [5.74, 6) is -6.76. The molecule has 1 aromatic heterocycles. The van der Waals surface area contributed by atoms with Gasteiger partial charge in [0.1, 0.15) is 12.4 Å². The van der Waals surface area contributed by atoms with Gasteiger partial charge in [-0.3, -0.25) is 9.89 Å². The Labute approximate surface area is 345 Å². The Bertz CT molecular complexity index is 1970. The quantitative estimate of drug-likeness (QED) is 0.122. The molecular weight excluding hydrogens is 792 g/mol. The summed E-state index contributed by atoms with van der Waals surface area (Å²) in [5, 5.41) is 9.52. The van der Waals surface area contributed by atoms with Gasteiger partial charge < -0.3 is 48.1 Å². The monoisotopic (exact) mass is 840 g/mol. The second-order valence-corrected chi connectivity index (χ2v) is 13.1. The first-order valence-electron chi connectivity index (χ1n) is 18.5. The van der Waals surface area contributed by atoms with Crippen LogP contribution in [0.15, 0.2) is 60.9 Å². The van der Waals surface area contributed by atoms with Gasteiger partial charge in [0.2, 0.25) is 0 Å². The first-order chi connectivity index (χ1) is 28.4. The van der Waals surface area contributed by atoms with Crippen LogP contribution in [0.4, 0.5) is 10.5 Å². The number of hydrogen-bond donors (Lipinski definition) is 2. The van der Waals surface area contributed by atoms with E-state index in [1.165, 1.54) is 25.9 Å². The van der Waals surface area contributed by atoms with Crippen LogP contribution in [0, 0.1) is 0 Å². The van der Waals surface area contributed by atoms with Gasteiger partial charge in [0.15, 0.2) is 36.6 Å². The van der Waals surface area contributed by atoms with E-state index in [2.05, 4.69) is 20.3 Å². The number of H-pyrrole nitrogens is 1. The van der Waals surface area contributed by atoms with Crippen LogP contribution in [0.3, 0.4) is 0 Å². The molecule has 60 heavy (non-hydrogen) atoms. The summed E-state index contributed by atoms with van der Waals surface area (Å²) in [5.41, 5.74) is 3.01. The predicted octanol–water partition coefficient (Wildman–Crippen LogP) is 3.27. The van der Waals surface area contributed by atoms with Crippen molar-refractivity contribution in [3.63, 3.8) is 0 Å². The van der Waals surface area contributed by atoms with Gasteiger partial charge in [0, 0.05) is 30.9 Å². The SMILES string of the molecule is COc1cccc(CN(CCOC(=O)C(C)OC(=O)C(C)OC(=O)C(C)OC(=O)C(C)OC(=O)C(C)OC(=O)C(C)OC(C)=O)C(=O)Nc2ccc(-c3cn[nH]c3)cc2)c1. The molecule has 0 radical (unpaired) electrons. The Balaban J connectivity index is 1.48. The van der Waals surface area contributed by atoms with Gasteiger partial charge in [-0.05, 0) is 76.9 Å². The third-order valence-corrected chi connectivity index (χ3v) is 8.17. The molecule has 2 amide bonds. The maximum Gasteiger partial charge on any atom is 0.347 e. The van der Waals surface area contributed by atoms with Crippen molar-refractivity contribution in [2.24, 2.45) is 0 Å². The number of amides is 2. The Morgan fingerprint density at radius 1 is 0.650 bits per heavy atom. The Morgan fingerprint density at radius 3 is 1.58 bits per heavy atom. The zero-order valence-corrected chi connectivity index (χ0v) is 34.3. The van der Waals surface area contributed by atoms with E-state index < -0.39 is 84.4 Å². The molecule has 324 valence electrons. The number of urea groups is 1. The van der Waals surface area contributed by atoms with Gasteiger partial charge in [0.05, 0.1) is 19.9 Å². The summed E-state index contributed by atoms with van der Waals surface area (Å²) in [6, 6.07) is 13.7. The van der Waals surface area contributed by atoms with Gasteiger partial charge in [0.25, 0.3) is 0 Å². The minimum absolute atomic E-state index is 0.0611. The molecule has 0 fully saturated rings. The first-order valence-corrected chi connectivity index (χ1v) is 18.5. The van der Waals surface area contributed by atoms with E-state index in [4.69, 9.17) is 33.2 Å². The molecule has 20 heteroatoms. The smallest absolute Gasteiger partial charge is 0.347 e. The molecule has 6 unspecified atom stereocenters. The summed E-state index contributed by atoms with van der Waals surface area (Å²) >= 11 is 0. The molecular formula is C40H48N4O16. The summed E-state index contributed by atoms with van der Waals surface area (Å²) in [4.78, 5) is 101. The zero-order chi connectivity index (χ0) is 44.5. The van der Waals surface area contributed by atoms with Crippen LogP contribution >= 0.6 is 0 Å². The van der Waals surface area contributed by atoms with E-state index in [1.54, 1.807) is 48.8 Å². The lowest BCUT2D eigenvalue weighted by atomic mass is 10.1. The van der Waals surface area contributed by atoms with E-state index in [0.717, 1.165) is 51.3 Å². The molecule has 1 heterocycles. The van der Waals surface area contributed by atoms with Crippen molar-refractivity contribution < 1.29 is 76.3 Å². The van der Waals surface area contributed by atoms with Crippen LogP contribution in [-0.4, -0.2) is 120 Å². The minimum Gasteiger partial charge on any atom is -0.497 e. The molecule has 0 bridgehead atoms. The lowest BCUT2D eigenvalue weighted by Gasteiger charge is -2.24.